The van der Waals surface area contributed by atoms with Gasteiger partial charge in [0.05, 0.1) is 0 Å². The van der Waals surface area contributed by atoms with Crippen molar-refractivity contribution in [2.24, 2.45) is 0 Å². The predicted octanol–water partition coefficient (Wildman–Crippen LogP) is 9.66. The first-order valence-electron chi connectivity index (χ1n) is 13.5. The van der Waals surface area contributed by atoms with Crippen LogP contribution in [0.3, 0.4) is 0 Å². The lowest BCUT2D eigenvalue weighted by atomic mass is 10.0. The van der Waals surface area contributed by atoms with Crippen molar-refractivity contribution in [3.63, 3.8) is 0 Å². The Bertz CT molecular complexity index is 534. The Morgan fingerprint density at radius 1 is 0.581 bits per heavy atom. The van der Waals surface area contributed by atoms with Gasteiger partial charge in [0.1, 0.15) is 5.75 Å². The van der Waals surface area contributed by atoms with Crippen molar-refractivity contribution in [3.05, 3.63) is 29.3 Å². The lowest BCUT2D eigenvalue weighted by molar-refractivity contribution is 0.230. The average molecular weight is 449 g/mol. The van der Waals surface area contributed by atoms with Gasteiger partial charge in [-0.25, -0.2) is 0 Å². The average Bonchev–Trinajstić information content (AvgIpc) is 2.75. The first kappa shape index (κ1) is 28.2. The smallest absolute Gasteiger partial charge is 0.398 e. The Morgan fingerprint density at radius 3 is 1.42 bits per heavy atom. The van der Waals surface area contributed by atoms with E-state index in [0.717, 1.165) is 24.4 Å². The molecule has 0 saturated carbocycles. The van der Waals surface area contributed by atoms with Gasteiger partial charge in [-0.3, -0.25) is 0 Å². The zero-order chi connectivity index (χ0) is 22.8. The molecule has 0 aliphatic heterocycles. The highest BCUT2D eigenvalue weighted by Gasteiger charge is 2.35. The van der Waals surface area contributed by atoms with Crippen LogP contribution in [0.1, 0.15) is 122 Å². The predicted molar refractivity (Wildman–Crippen MR) is 140 cm³/mol. The summed E-state index contributed by atoms with van der Waals surface area (Å²) in [6.45, 7) is 11.9. The van der Waals surface area contributed by atoms with E-state index in [1.807, 2.05) is 0 Å². The van der Waals surface area contributed by atoms with Crippen LogP contribution >= 0.6 is 0 Å². The summed E-state index contributed by atoms with van der Waals surface area (Å²) in [5.41, 5.74) is 2.52. The fourth-order valence-electron chi connectivity index (χ4n) is 4.39. The van der Waals surface area contributed by atoms with Crippen LogP contribution in [0, 0.1) is 13.8 Å². The molecule has 0 fully saturated rings. The van der Waals surface area contributed by atoms with Gasteiger partial charge in [-0.1, -0.05) is 110 Å². The lowest BCUT2D eigenvalue weighted by Gasteiger charge is -2.29. The van der Waals surface area contributed by atoms with E-state index in [1.54, 1.807) is 0 Å². The van der Waals surface area contributed by atoms with Gasteiger partial charge >= 0.3 is 8.56 Å². The van der Waals surface area contributed by atoms with E-state index in [-0.39, 0.29) is 0 Å². The first-order chi connectivity index (χ1) is 15.0. The lowest BCUT2D eigenvalue weighted by Crippen LogP contribution is -2.44. The fourth-order valence-corrected chi connectivity index (χ4v) is 6.71. The zero-order valence-corrected chi connectivity index (χ0v) is 22.6. The molecule has 0 N–H and O–H groups in total. The van der Waals surface area contributed by atoms with Gasteiger partial charge in [0.15, 0.2) is 0 Å². The molecular weight excluding hydrogens is 396 g/mol. The summed E-state index contributed by atoms with van der Waals surface area (Å²) in [7, 11) is -2.14. The van der Waals surface area contributed by atoms with Gasteiger partial charge in [0, 0.05) is 6.61 Å². The Kier molecular flexibility index (Phi) is 16.1. The second kappa shape index (κ2) is 17.7. The van der Waals surface area contributed by atoms with E-state index in [2.05, 4.69) is 52.8 Å². The molecule has 0 heterocycles. The van der Waals surface area contributed by atoms with Crippen molar-refractivity contribution in [2.75, 3.05) is 6.61 Å². The Labute approximate surface area is 195 Å². The summed E-state index contributed by atoms with van der Waals surface area (Å²) in [5.74, 6) is 0.994. The molecule has 0 radical (unpaired) electrons. The van der Waals surface area contributed by atoms with Gasteiger partial charge in [0.25, 0.3) is 0 Å². The highest BCUT2D eigenvalue weighted by Crippen LogP contribution is 2.25. The molecule has 0 atom stereocenters. The minimum absolute atomic E-state index is 0.858. The third-order valence-electron chi connectivity index (χ3n) is 6.44. The summed E-state index contributed by atoms with van der Waals surface area (Å²) in [6, 6.07) is 8.51. The van der Waals surface area contributed by atoms with E-state index in [0.29, 0.717) is 0 Å². The molecule has 31 heavy (non-hydrogen) atoms. The standard InChI is InChI=1S/C28H52O2Si/c1-6-9-10-11-12-13-14-15-16-17-18-19-20-21-22-29-31(7-2,8-3)30-28-24-26(4)23-27(5)25-28/h23-25H,6-22H2,1-5H3. The summed E-state index contributed by atoms with van der Waals surface area (Å²) in [4.78, 5) is 0. The van der Waals surface area contributed by atoms with Gasteiger partial charge in [-0.05, 0) is 55.6 Å². The molecule has 0 amide bonds. The molecule has 0 aliphatic carbocycles. The maximum atomic E-state index is 6.50. The topological polar surface area (TPSA) is 18.5 Å². The normalized spacial score (nSPS) is 11.8. The molecule has 0 aliphatic rings. The number of hydrogen-bond donors (Lipinski definition) is 0. The second-order valence-corrected chi connectivity index (χ2v) is 13.2. The van der Waals surface area contributed by atoms with E-state index in [1.165, 1.54) is 101 Å². The van der Waals surface area contributed by atoms with E-state index < -0.39 is 8.56 Å². The van der Waals surface area contributed by atoms with Crippen LogP contribution in [0.5, 0.6) is 5.75 Å². The number of hydrogen-bond acceptors (Lipinski definition) is 2. The van der Waals surface area contributed by atoms with Gasteiger partial charge < -0.3 is 8.85 Å². The molecule has 1 aromatic rings. The van der Waals surface area contributed by atoms with Crippen molar-refractivity contribution in [2.45, 2.75) is 137 Å². The molecule has 3 heteroatoms. The Morgan fingerprint density at radius 2 is 1.00 bits per heavy atom. The number of benzene rings is 1. The number of aryl methyl sites for hydroxylation is 2. The molecule has 2 nitrogen and oxygen atoms in total. The van der Waals surface area contributed by atoms with Crippen molar-refractivity contribution in [1.29, 1.82) is 0 Å². The molecule has 0 saturated heterocycles. The van der Waals surface area contributed by atoms with Crippen LogP contribution in [0.4, 0.5) is 0 Å². The van der Waals surface area contributed by atoms with E-state index in [4.69, 9.17) is 8.85 Å². The van der Waals surface area contributed by atoms with Gasteiger partial charge in [-0.2, -0.15) is 0 Å². The van der Waals surface area contributed by atoms with Crippen molar-refractivity contribution in [1.82, 2.24) is 0 Å². The van der Waals surface area contributed by atoms with Crippen molar-refractivity contribution >= 4 is 8.56 Å². The molecule has 1 rings (SSSR count). The summed E-state index contributed by atoms with van der Waals surface area (Å²) in [6.07, 6.45) is 19.5. The molecule has 0 bridgehead atoms. The van der Waals surface area contributed by atoms with Crippen LogP contribution in [0.25, 0.3) is 0 Å². The number of rotatable bonds is 20. The number of unbranched alkanes of at least 4 members (excludes halogenated alkanes) is 13. The van der Waals surface area contributed by atoms with Crippen molar-refractivity contribution < 1.29 is 8.85 Å². The monoisotopic (exact) mass is 448 g/mol. The first-order valence-corrected chi connectivity index (χ1v) is 15.7. The third-order valence-corrected chi connectivity index (χ3v) is 9.93. The molecule has 0 unspecified atom stereocenters. The summed E-state index contributed by atoms with van der Waals surface area (Å²) >= 11 is 0. The SMILES string of the molecule is CCCCCCCCCCCCCCCCO[Si](CC)(CC)Oc1cc(C)cc(C)c1. The Hall–Kier alpha value is -0.803. The van der Waals surface area contributed by atoms with Crippen molar-refractivity contribution in [3.8, 4) is 5.75 Å². The van der Waals surface area contributed by atoms with Crippen LogP contribution in [-0.2, 0) is 4.43 Å². The summed E-state index contributed by atoms with van der Waals surface area (Å²) in [5, 5.41) is 0. The fraction of sp³-hybridized carbons (Fsp3) is 0.786. The van der Waals surface area contributed by atoms with E-state index >= 15 is 0 Å². The minimum Gasteiger partial charge on any atom is -0.520 e. The molecule has 180 valence electrons. The van der Waals surface area contributed by atoms with Crippen LogP contribution in [0.15, 0.2) is 18.2 Å². The van der Waals surface area contributed by atoms with Crippen LogP contribution in [0.2, 0.25) is 12.1 Å². The molecular formula is C28H52O2Si. The van der Waals surface area contributed by atoms with E-state index in [9.17, 15) is 0 Å². The highest BCUT2D eigenvalue weighted by molar-refractivity contribution is 6.68. The highest BCUT2D eigenvalue weighted by atomic mass is 28.4. The zero-order valence-electron chi connectivity index (χ0n) is 21.6. The van der Waals surface area contributed by atoms with Gasteiger partial charge in [0.2, 0.25) is 0 Å². The molecule has 0 aromatic heterocycles. The molecule has 0 spiro atoms. The maximum absolute atomic E-state index is 6.50. The quantitative estimate of drug-likeness (QED) is 0.146. The largest absolute Gasteiger partial charge is 0.520 e. The Balaban J connectivity index is 2.09. The summed E-state index contributed by atoms with van der Waals surface area (Å²) < 4.78 is 12.9. The minimum atomic E-state index is -2.14. The second-order valence-electron chi connectivity index (χ2n) is 9.49. The van der Waals surface area contributed by atoms with Crippen LogP contribution in [-0.4, -0.2) is 15.2 Å². The third kappa shape index (κ3) is 13.4. The molecule has 1 aromatic carbocycles. The van der Waals surface area contributed by atoms with Gasteiger partial charge in [-0.15, -0.1) is 0 Å². The maximum Gasteiger partial charge on any atom is 0.398 e. The van der Waals surface area contributed by atoms with Crippen LogP contribution < -0.4 is 4.43 Å².